The van der Waals surface area contributed by atoms with E-state index in [1.54, 1.807) is 0 Å². The lowest BCUT2D eigenvalue weighted by atomic mass is 10.0. The normalized spacial score (nSPS) is 19.3. The van der Waals surface area contributed by atoms with Gasteiger partial charge in [-0.3, -0.25) is 9.69 Å². The Morgan fingerprint density at radius 2 is 2.17 bits per heavy atom. The van der Waals surface area contributed by atoms with Crippen molar-refractivity contribution in [3.8, 4) is 0 Å². The zero-order chi connectivity index (χ0) is 12.8. The molecule has 1 N–H and O–H groups in total. The van der Waals surface area contributed by atoms with Gasteiger partial charge in [-0.05, 0) is 24.8 Å². The summed E-state index contributed by atoms with van der Waals surface area (Å²) in [5, 5.41) is 2.99. The monoisotopic (exact) mass is 246 g/mol. The molecule has 0 bridgehead atoms. The third-order valence-corrected chi connectivity index (χ3v) is 3.66. The smallest absolute Gasteiger partial charge is 0.234 e. The molecule has 1 amide bonds. The lowest BCUT2D eigenvalue weighted by molar-refractivity contribution is -0.124. The van der Waals surface area contributed by atoms with Crippen LogP contribution in [0.4, 0.5) is 0 Å². The molecule has 1 saturated heterocycles. The molecule has 1 atom stereocenters. The van der Waals surface area contributed by atoms with Gasteiger partial charge in [0.05, 0.1) is 6.54 Å². The van der Waals surface area contributed by atoms with E-state index in [0.29, 0.717) is 12.6 Å². The van der Waals surface area contributed by atoms with Crippen LogP contribution in [-0.2, 0) is 11.2 Å². The van der Waals surface area contributed by atoms with Gasteiger partial charge in [0.1, 0.15) is 0 Å². The van der Waals surface area contributed by atoms with Crippen molar-refractivity contribution in [2.45, 2.75) is 32.2 Å². The first-order valence-corrected chi connectivity index (χ1v) is 6.84. The Morgan fingerprint density at radius 1 is 1.39 bits per heavy atom. The first kappa shape index (κ1) is 13.1. The summed E-state index contributed by atoms with van der Waals surface area (Å²) in [6.45, 7) is 4.55. The highest BCUT2D eigenvalue weighted by Crippen LogP contribution is 2.18. The van der Waals surface area contributed by atoms with E-state index in [2.05, 4.69) is 29.3 Å². The van der Waals surface area contributed by atoms with Crippen LogP contribution in [0.2, 0.25) is 0 Å². The summed E-state index contributed by atoms with van der Waals surface area (Å²) in [5.41, 5.74) is 1.27. The SMILES string of the molecule is CC[C@H]1CCN1CC(=O)NCCc1ccccc1. The maximum atomic E-state index is 11.7. The van der Waals surface area contributed by atoms with Gasteiger partial charge in [-0.15, -0.1) is 0 Å². The first-order chi connectivity index (χ1) is 8.79. The highest BCUT2D eigenvalue weighted by Gasteiger charge is 2.27. The Hall–Kier alpha value is -1.35. The molecule has 0 radical (unpaired) electrons. The fourth-order valence-corrected chi connectivity index (χ4v) is 2.40. The summed E-state index contributed by atoms with van der Waals surface area (Å²) in [4.78, 5) is 14.0. The molecule has 0 unspecified atom stereocenters. The molecule has 2 rings (SSSR count). The first-order valence-electron chi connectivity index (χ1n) is 6.84. The van der Waals surface area contributed by atoms with Gasteiger partial charge in [-0.25, -0.2) is 0 Å². The van der Waals surface area contributed by atoms with Crippen molar-refractivity contribution >= 4 is 5.91 Å². The van der Waals surface area contributed by atoms with Crippen molar-refractivity contribution < 1.29 is 4.79 Å². The Morgan fingerprint density at radius 3 is 2.78 bits per heavy atom. The zero-order valence-corrected chi connectivity index (χ0v) is 11.1. The van der Waals surface area contributed by atoms with E-state index < -0.39 is 0 Å². The van der Waals surface area contributed by atoms with E-state index >= 15 is 0 Å². The predicted molar refractivity (Wildman–Crippen MR) is 73.4 cm³/mol. The lowest BCUT2D eigenvalue weighted by Crippen LogP contribution is -2.51. The van der Waals surface area contributed by atoms with Crippen molar-refractivity contribution in [2.24, 2.45) is 0 Å². The van der Waals surface area contributed by atoms with Crippen LogP contribution in [0.25, 0.3) is 0 Å². The molecule has 3 heteroatoms. The fraction of sp³-hybridized carbons (Fsp3) is 0.533. The molecule has 1 aromatic rings. The van der Waals surface area contributed by atoms with Crippen LogP contribution in [0.15, 0.2) is 30.3 Å². The van der Waals surface area contributed by atoms with Crippen molar-refractivity contribution in [1.82, 2.24) is 10.2 Å². The Balaban J connectivity index is 1.63. The molecular weight excluding hydrogens is 224 g/mol. The highest BCUT2D eigenvalue weighted by atomic mass is 16.2. The second-order valence-electron chi connectivity index (χ2n) is 4.91. The number of hydrogen-bond acceptors (Lipinski definition) is 2. The van der Waals surface area contributed by atoms with Gasteiger partial charge in [0.25, 0.3) is 0 Å². The number of nitrogens with zero attached hydrogens (tertiary/aromatic N) is 1. The minimum Gasteiger partial charge on any atom is -0.355 e. The predicted octanol–water partition coefficient (Wildman–Crippen LogP) is 1.83. The van der Waals surface area contributed by atoms with E-state index in [0.717, 1.165) is 25.9 Å². The van der Waals surface area contributed by atoms with Crippen molar-refractivity contribution in [2.75, 3.05) is 19.6 Å². The number of nitrogens with one attached hydrogen (secondary N) is 1. The van der Waals surface area contributed by atoms with Crippen molar-refractivity contribution in [3.63, 3.8) is 0 Å². The van der Waals surface area contributed by atoms with Crippen LogP contribution >= 0.6 is 0 Å². The largest absolute Gasteiger partial charge is 0.355 e. The minimum absolute atomic E-state index is 0.157. The van der Waals surface area contributed by atoms with E-state index in [1.165, 1.54) is 12.0 Å². The highest BCUT2D eigenvalue weighted by molar-refractivity contribution is 5.78. The molecule has 98 valence electrons. The molecule has 0 spiro atoms. The number of carbonyl (C=O) groups is 1. The Labute approximate surface area is 109 Å². The molecule has 1 aliphatic rings. The second kappa shape index (κ2) is 6.55. The van der Waals surface area contributed by atoms with Crippen LogP contribution in [-0.4, -0.2) is 36.5 Å². The average molecular weight is 246 g/mol. The molecule has 0 aromatic heterocycles. The van der Waals surface area contributed by atoms with Crippen LogP contribution in [0.1, 0.15) is 25.3 Å². The standard InChI is InChI=1S/C15H22N2O/c1-2-14-9-11-17(14)12-15(18)16-10-8-13-6-4-3-5-7-13/h3-7,14H,2,8-12H2,1H3,(H,16,18)/t14-/m0/s1. The maximum Gasteiger partial charge on any atom is 0.234 e. The number of carbonyl (C=O) groups excluding carboxylic acids is 1. The van der Waals surface area contributed by atoms with Crippen LogP contribution in [0, 0.1) is 0 Å². The number of likely N-dealkylation sites (tertiary alicyclic amines) is 1. The third-order valence-electron chi connectivity index (χ3n) is 3.66. The molecule has 0 saturated carbocycles. The van der Waals surface area contributed by atoms with E-state index in [9.17, 15) is 4.79 Å². The summed E-state index contributed by atoms with van der Waals surface area (Å²) in [5.74, 6) is 0.157. The molecular formula is C15H22N2O. The van der Waals surface area contributed by atoms with Gasteiger partial charge < -0.3 is 5.32 Å². The molecule has 3 nitrogen and oxygen atoms in total. The number of hydrogen-bond donors (Lipinski definition) is 1. The summed E-state index contributed by atoms with van der Waals surface area (Å²) < 4.78 is 0. The van der Waals surface area contributed by atoms with Gasteiger partial charge in [0, 0.05) is 19.1 Å². The number of amides is 1. The van der Waals surface area contributed by atoms with E-state index in [-0.39, 0.29) is 5.91 Å². The van der Waals surface area contributed by atoms with Crippen LogP contribution < -0.4 is 5.32 Å². The molecule has 0 aliphatic carbocycles. The van der Waals surface area contributed by atoms with Gasteiger partial charge in [0.2, 0.25) is 5.91 Å². The Kier molecular flexibility index (Phi) is 4.76. The van der Waals surface area contributed by atoms with Gasteiger partial charge in [-0.1, -0.05) is 37.3 Å². The molecule has 18 heavy (non-hydrogen) atoms. The summed E-state index contributed by atoms with van der Waals surface area (Å²) >= 11 is 0. The van der Waals surface area contributed by atoms with Gasteiger partial charge >= 0.3 is 0 Å². The zero-order valence-electron chi connectivity index (χ0n) is 11.1. The minimum atomic E-state index is 0.157. The van der Waals surface area contributed by atoms with E-state index in [4.69, 9.17) is 0 Å². The average Bonchev–Trinajstić information content (AvgIpc) is 2.37. The van der Waals surface area contributed by atoms with Crippen molar-refractivity contribution in [3.05, 3.63) is 35.9 Å². The van der Waals surface area contributed by atoms with Crippen LogP contribution in [0.5, 0.6) is 0 Å². The summed E-state index contributed by atoms with van der Waals surface area (Å²) in [6.07, 6.45) is 3.30. The topological polar surface area (TPSA) is 32.3 Å². The summed E-state index contributed by atoms with van der Waals surface area (Å²) in [6, 6.07) is 10.9. The van der Waals surface area contributed by atoms with Gasteiger partial charge in [-0.2, -0.15) is 0 Å². The van der Waals surface area contributed by atoms with Crippen molar-refractivity contribution in [1.29, 1.82) is 0 Å². The molecule has 1 heterocycles. The third kappa shape index (κ3) is 3.57. The maximum absolute atomic E-state index is 11.7. The van der Waals surface area contributed by atoms with Gasteiger partial charge in [0.15, 0.2) is 0 Å². The Bertz CT molecular complexity index is 375. The quantitative estimate of drug-likeness (QED) is 0.830. The summed E-state index contributed by atoms with van der Waals surface area (Å²) in [7, 11) is 0. The van der Waals surface area contributed by atoms with Crippen LogP contribution in [0.3, 0.4) is 0 Å². The number of rotatable bonds is 6. The lowest BCUT2D eigenvalue weighted by Gasteiger charge is -2.39. The molecule has 1 fully saturated rings. The molecule has 1 aromatic carbocycles. The fourth-order valence-electron chi connectivity index (χ4n) is 2.40. The second-order valence-corrected chi connectivity index (χ2v) is 4.91. The molecule has 1 aliphatic heterocycles. The van der Waals surface area contributed by atoms with E-state index in [1.807, 2.05) is 18.2 Å². The number of benzene rings is 1.